The quantitative estimate of drug-likeness (QED) is 0.591. The van der Waals surface area contributed by atoms with Gasteiger partial charge in [0.1, 0.15) is 6.07 Å². The van der Waals surface area contributed by atoms with Gasteiger partial charge in [0.25, 0.3) is 12.1 Å². The van der Waals surface area contributed by atoms with Gasteiger partial charge in [-0.25, -0.2) is 13.8 Å². The molecule has 0 unspecified atom stereocenters. The average molecular weight is 214 g/mol. The van der Waals surface area contributed by atoms with Crippen molar-refractivity contribution in [3.05, 3.63) is 27.6 Å². The maximum absolute atomic E-state index is 12.3. The molecule has 1 heterocycles. The van der Waals surface area contributed by atoms with Crippen LogP contribution in [0.4, 0.5) is 20.2 Å². The molecule has 0 bridgehead atoms. The number of anilines is 1. The van der Waals surface area contributed by atoms with Crippen LogP contribution >= 0.6 is 0 Å². The van der Waals surface area contributed by atoms with Crippen molar-refractivity contribution in [1.82, 2.24) is 4.98 Å². The van der Waals surface area contributed by atoms with Crippen LogP contribution in [0.5, 0.6) is 0 Å². The summed E-state index contributed by atoms with van der Waals surface area (Å²) in [4.78, 5) is 12.5. The fourth-order valence-electron chi connectivity index (χ4n) is 0.928. The molecule has 0 atom stereocenters. The highest BCUT2D eigenvalue weighted by Gasteiger charge is 2.25. The first-order valence-corrected chi connectivity index (χ1v) is 3.60. The van der Waals surface area contributed by atoms with E-state index in [1.165, 1.54) is 6.07 Å². The SMILES string of the molecule is N#Cc1nc(C(F)F)c([N+](=O)[O-])cc1N. The van der Waals surface area contributed by atoms with E-state index in [0.717, 1.165) is 0 Å². The molecule has 0 fully saturated rings. The first-order valence-electron chi connectivity index (χ1n) is 3.60. The molecular formula is C7H4F2N4O2. The number of rotatable bonds is 2. The van der Waals surface area contributed by atoms with Crippen LogP contribution in [-0.4, -0.2) is 9.91 Å². The van der Waals surface area contributed by atoms with Gasteiger partial charge in [-0.2, -0.15) is 5.26 Å². The molecule has 2 N–H and O–H groups in total. The number of nitro groups is 1. The van der Waals surface area contributed by atoms with Gasteiger partial charge in [-0.3, -0.25) is 10.1 Å². The van der Waals surface area contributed by atoms with Gasteiger partial charge in [-0.1, -0.05) is 0 Å². The number of hydrogen-bond donors (Lipinski definition) is 1. The standard InChI is InChI=1S/C7H4F2N4O2/c8-7(9)6-5(13(14)15)1-3(11)4(2-10)12-6/h1,7H,11H2. The molecule has 0 aliphatic heterocycles. The maximum atomic E-state index is 12.3. The summed E-state index contributed by atoms with van der Waals surface area (Å²) in [5, 5.41) is 18.8. The van der Waals surface area contributed by atoms with E-state index in [1.807, 2.05) is 0 Å². The number of pyridine rings is 1. The zero-order valence-electron chi connectivity index (χ0n) is 7.15. The van der Waals surface area contributed by atoms with Gasteiger partial charge in [0.15, 0.2) is 11.4 Å². The van der Waals surface area contributed by atoms with Crippen molar-refractivity contribution >= 4 is 11.4 Å². The fourth-order valence-corrected chi connectivity index (χ4v) is 0.928. The largest absolute Gasteiger partial charge is 0.396 e. The van der Waals surface area contributed by atoms with Crippen molar-refractivity contribution in [1.29, 1.82) is 5.26 Å². The third kappa shape index (κ3) is 1.96. The Bertz CT molecular complexity index is 455. The minimum atomic E-state index is -3.13. The van der Waals surface area contributed by atoms with E-state index in [2.05, 4.69) is 4.98 Å². The van der Waals surface area contributed by atoms with Crippen molar-refractivity contribution in [2.45, 2.75) is 6.43 Å². The molecule has 0 aliphatic carbocycles. The number of halogens is 2. The Labute approximate surface area is 82.1 Å². The summed E-state index contributed by atoms with van der Waals surface area (Å²) in [6.45, 7) is 0. The number of alkyl halides is 2. The van der Waals surface area contributed by atoms with Crippen molar-refractivity contribution in [2.75, 3.05) is 5.73 Å². The highest BCUT2D eigenvalue weighted by molar-refractivity contribution is 5.57. The second-order valence-corrected chi connectivity index (χ2v) is 2.50. The van der Waals surface area contributed by atoms with Crippen molar-refractivity contribution in [3.8, 4) is 6.07 Å². The molecule has 15 heavy (non-hydrogen) atoms. The zero-order valence-corrected chi connectivity index (χ0v) is 7.15. The molecule has 0 saturated carbocycles. The number of nitrogen functional groups attached to an aromatic ring is 1. The van der Waals surface area contributed by atoms with Crippen LogP contribution in [0.2, 0.25) is 0 Å². The van der Waals surface area contributed by atoms with E-state index < -0.39 is 28.4 Å². The molecule has 6 nitrogen and oxygen atoms in total. The molecule has 0 aliphatic rings. The molecule has 0 spiro atoms. The van der Waals surface area contributed by atoms with Gasteiger partial charge in [0, 0.05) is 6.07 Å². The topological polar surface area (TPSA) is 106 Å². The van der Waals surface area contributed by atoms with E-state index >= 15 is 0 Å². The minimum Gasteiger partial charge on any atom is -0.396 e. The first-order chi connectivity index (χ1) is 6.97. The van der Waals surface area contributed by atoms with Crippen molar-refractivity contribution in [2.24, 2.45) is 0 Å². The maximum Gasteiger partial charge on any atom is 0.298 e. The third-order valence-electron chi connectivity index (χ3n) is 1.57. The highest BCUT2D eigenvalue weighted by Crippen LogP contribution is 2.29. The third-order valence-corrected chi connectivity index (χ3v) is 1.57. The van der Waals surface area contributed by atoms with Crippen LogP contribution in [0.25, 0.3) is 0 Å². The molecular weight excluding hydrogens is 210 g/mol. The number of nitrogens with zero attached hydrogens (tertiary/aromatic N) is 3. The summed E-state index contributed by atoms with van der Waals surface area (Å²) in [6.07, 6.45) is -3.13. The zero-order chi connectivity index (χ0) is 11.6. The van der Waals surface area contributed by atoms with Crippen LogP contribution in [0.1, 0.15) is 17.8 Å². The van der Waals surface area contributed by atoms with E-state index in [1.54, 1.807) is 0 Å². The minimum absolute atomic E-state index is 0.298. The van der Waals surface area contributed by atoms with Crippen LogP contribution in [0.3, 0.4) is 0 Å². The predicted molar refractivity (Wildman–Crippen MR) is 45.0 cm³/mol. The number of nitrogens with two attached hydrogens (primary N) is 1. The molecule has 1 aromatic rings. The van der Waals surface area contributed by atoms with E-state index in [9.17, 15) is 18.9 Å². The lowest BCUT2D eigenvalue weighted by atomic mass is 10.2. The Morgan fingerprint density at radius 3 is 2.67 bits per heavy atom. The van der Waals surface area contributed by atoms with Gasteiger partial charge in [-0.15, -0.1) is 0 Å². The second-order valence-electron chi connectivity index (χ2n) is 2.50. The summed E-state index contributed by atoms with van der Waals surface area (Å²) < 4.78 is 24.6. The lowest BCUT2D eigenvalue weighted by molar-refractivity contribution is -0.386. The van der Waals surface area contributed by atoms with Crippen LogP contribution in [0, 0.1) is 21.4 Å². The van der Waals surface area contributed by atoms with Gasteiger partial charge in [0.2, 0.25) is 0 Å². The van der Waals surface area contributed by atoms with Crippen LogP contribution < -0.4 is 5.73 Å². The van der Waals surface area contributed by atoms with Crippen molar-refractivity contribution in [3.63, 3.8) is 0 Å². The molecule has 78 valence electrons. The number of nitriles is 1. The Morgan fingerprint density at radius 2 is 2.27 bits per heavy atom. The predicted octanol–water partition coefficient (Wildman–Crippen LogP) is 1.38. The molecule has 0 saturated heterocycles. The summed E-state index contributed by atoms with van der Waals surface area (Å²) >= 11 is 0. The van der Waals surface area contributed by atoms with Gasteiger partial charge < -0.3 is 5.73 Å². The Hall–Kier alpha value is -2.30. The normalized spacial score (nSPS) is 10.0. The Kier molecular flexibility index (Phi) is 2.75. The summed E-state index contributed by atoms with van der Waals surface area (Å²) in [5.74, 6) is 0. The lowest BCUT2D eigenvalue weighted by Gasteiger charge is -2.02. The molecule has 0 aromatic carbocycles. The van der Waals surface area contributed by atoms with E-state index in [0.29, 0.717) is 6.07 Å². The van der Waals surface area contributed by atoms with E-state index in [4.69, 9.17) is 11.0 Å². The molecule has 1 aromatic heterocycles. The molecule has 1 rings (SSSR count). The summed E-state index contributed by atoms with van der Waals surface area (Å²) in [7, 11) is 0. The van der Waals surface area contributed by atoms with Crippen LogP contribution in [-0.2, 0) is 0 Å². The molecule has 8 heteroatoms. The van der Waals surface area contributed by atoms with Crippen LogP contribution in [0.15, 0.2) is 6.07 Å². The fraction of sp³-hybridized carbons (Fsp3) is 0.143. The van der Waals surface area contributed by atoms with E-state index in [-0.39, 0.29) is 5.69 Å². The summed E-state index contributed by atoms with van der Waals surface area (Å²) in [6, 6.07) is 2.17. The molecule has 0 radical (unpaired) electrons. The Balaban J connectivity index is 3.47. The first kappa shape index (κ1) is 10.8. The lowest BCUT2D eigenvalue weighted by Crippen LogP contribution is -2.04. The van der Waals surface area contributed by atoms with Gasteiger partial charge in [-0.05, 0) is 0 Å². The number of hydrogen-bond acceptors (Lipinski definition) is 5. The average Bonchev–Trinajstić information content (AvgIpc) is 2.16. The monoisotopic (exact) mass is 214 g/mol. The smallest absolute Gasteiger partial charge is 0.298 e. The van der Waals surface area contributed by atoms with Crippen molar-refractivity contribution < 1.29 is 13.7 Å². The Morgan fingerprint density at radius 1 is 1.67 bits per heavy atom. The van der Waals surface area contributed by atoms with Gasteiger partial charge in [0.05, 0.1) is 10.6 Å². The second kappa shape index (κ2) is 3.83. The van der Waals surface area contributed by atoms with Gasteiger partial charge >= 0.3 is 0 Å². The number of aromatic nitrogens is 1. The molecule has 0 amide bonds. The summed E-state index contributed by atoms with van der Waals surface area (Å²) in [5.41, 5.74) is 2.52. The highest BCUT2D eigenvalue weighted by atomic mass is 19.3.